The molecule has 0 bridgehead atoms. The standard InChI is InChI=1S/C16H26N4OS2/c1-16(2)12-20(7-9-23-16)15(18-11-14(21)19(3)4)17-10-13-6-5-8-22-13/h5-6,8H,7,9-12H2,1-4H3,(H,17,18). The number of carbonyl (C=O) groups is 1. The molecule has 1 aromatic heterocycles. The van der Waals surface area contributed by atoms with E-state index in [1.807, 2.05) is 11.8 Å². The predicted molar refractivity (Wildman–Crippen MR) is 100 cm³/mol. The maximum atomic E-state index is 11.9. The Bertz CT molecular complexity index is 540. The Labute approximate surface area is 147 Å². The van der Waals surface area contributed by atoms with Crippen molar-refractivity contribution in [2.45, 2.75) is 25.1 Å². The van der Waals surface area contributed by atoms with Gasteiger partial charge >= 0.3 is 0 Å². The maximum absolute atomic E-state index is 11.9. The highest BCUT2D eigenvalue weighted by Gasteiger charge is 2.28. The highest BCUT2D eigenvalue weighted by atomic mass is 32.2. The van der Waals surface area contributed by atoms with Crippen molar-refractivity contribution in [3.63, 3.8) is 0 Å². The molecule has 128 valence electrons. The Kier molecular flexibility index (Phi) is 6.35. The van der Waals surface area contributed by atoms with Gasteiger partial charge in [-0.2, -0.15) is 11.8 Å². The molecule has 1 aromatic rings. The third kappa shape index (κ3) is 5.73. The number of guanidine groups is 1. The van der Waals surface area contributed by atoms with Crippen molar-refractivity contribution < 1.29 is 4.79 Å². The molecule has 0 unspecified atom stereocenters. The van der Waals surface area contributed by atoms with Gasteiger partial charge in [0.25, 0.3) is 0 Å². The molecule has 1 fully saturated rings. The molecule has 0 radical (unpaired) electrons. The number of hydrogen-bond donors (Lipinski definition) is 1. The van der Waals surface area contributed by atoms with Crippen molar-refractivity contribution in [2.24, 2.45) is 4.99 Å². The summed E-state index contributed by atoms with van der Waals surface area (Å²) in [4.78, 5) is 21.5. The van der Waals surface area contributed by atoms with Gasteiger partial charge in [-0.05, 0) is 25.3 Å². The molecular formula is C16H26N4OS2. The van der Waals surface area contributed by atoms with Crippen LogP contribution in [0.4, 0.5) is 0 Å². The molecule has 0 saturated carbocycles. The van der Waals surface area contributed by atoms with Crippen LogP contribution in [0.5, 0.6) is 0 Å². The number of hydrogen-bond acceptors (Lipinski definition) is 4. The normalized spacial score (nSPS) is 17.9. The van der Waals surface area contributed by atoms with Crippen molar-refractivity contribution >= 4 is 35.0 Å². The van der Waals surface area contributed by atoms with Gasteiger partial charge < -0.3 is 15.1 Å². The summed E-state index contributed by atoms with van der Waals surface area (Å²) in [5, 5.41) is 5.50. The van der Waals surface area contributed by atoms with E-state index in [-0.39, 0.29) is 17.2 Å². The number of thiophene rings is 1. The van der Waals surface area contributed by atoms with E-state index in [2.05, 4.69) is 46.6 Å². The molecule has 5 nitrogen and oxygen atoms in total. The lowest BCUT2D eigenvalue weighted by atomic mass is 10.2. The Morgan fingerprint density at radius 1 is 1.48 bits per heavy atom. The number of aliphatic imine (C=N–C) groups is 1. The number of nitrogens with zero attached hydrogens (tertiary/aromatic N) is 3. The summed E-state index contributed by atoms with van der Waals surface area (Å²) in [6.45, 7) is 7.34. The van der Waals surface area contributed by atoms with Gasteiger partial charge in [-0.15, -0.1) is 11.3 Å². The number of nitrogens with one attached hydrogen (secondary N) is 1. The summed E-state index contributed by atoms with van der Waals surface area (Å²) in [6, 6.07) is 4.16. The minimum Gasteiger partial charge on any atom is -0.351 e. The SMILES string of the molecule is CN(C)C(=O)CN=C(NCc1cccs1)N1CCSC(C)(C)C1. The Morgan fingerprint density at radius 2 is 2.26 bits per heavy atom. The molecule has 0 aliphatic carbocycles. The molecule has 7 heteroatoms. The van der Waals surface area contributed by atoms with Crippen LogP contribution in [0.2, 0.25) is 0 Å². The van der Waals surface area contributed by atoms with Gasteiger partial charge in [-0.3, -0.25) is 4.79 Å². The zero-order valence-electron chi connectivity index (χ0n) is 14.3. The van der Waals surface area contributed by atoms with Crippen LogP contribution in [0.25, 0.3) is 0 Å². The minimum absolute atomic E-state index is 0.0195. The smallest absolute Gasteiger partial charge is 0.243 e. The fraction of sp³-hybridized carbons (Fsp3) is 0.625. The van der Waals surface area contributed by atoms with E-state index in [1.54, 1.807) is 30.3 Å². The second kappa shape index (κ2) is 8.06. The summed E-state index contributed by atoms with van der Waals surface area (Å²) in [7, 11) is 3.52. The van der Waals surface area contributed by atoms with E-state index in [0.717, 1.165) is 31.3 Å². The lowest BCUT2D eigenvalue weighted by Crippen LogP contribution is -2.51. The first-order valence-corrected chi connectivity index (χ1v) is 9.64. The van der Waals surface area contributed by atoms with E-state index in [4.69, 9.17) is 0 Å². The summed E-state index contributed by atoms with van der Waals surface area (Å²) in [5.74, 6) is 1.93. The van der Waals surface area contributed by atoms with Gasteiger partial charge in [-0.25, -0.2) is 4.99 Å². The molecule has 23 heavy (non-hydrogen) atoms. The van der Waals surface area contributed by atoms with Crippen LogP contribution in [0, 0.1) is 0 Å². The highest BCUT2D eigenvalue weighted by Crippen LogP contribution is 2.29. The third-order valence-corrected chi connectivity index (χ3v) is 5.76. The van der Waals surface area contributed by atoms with E-state index >= 15 is 0 Å². The number of thioether (sulfide) groups is 1. The van der Waals surface area contributed by atoms with E-state index in [0.29, 0.717) is 0 Å². The van der Waals surface area contributed by atoms with Crippen molar-refractivity contribution in [2.75, 3.05) is 39.5 Å². The van der Waals surface area contributed by atoms with Crippen LogP contribution in [0.3, 0.4) is 0 Å². The summed E-state index contributed by atoms with van der Waals surface area (Å²) in [6.07, 6.45) is 0. The zero-order chi connectivity index (χ0) is 16.9. The summed E-state index contributed by atoms with van der Waals surface area (Å²) in [5.41, 5.74) is 0. The van der Waals surface area contributed by atoms with Crippen molar-refractivity contribution in [1.29, 1.82) is 0 Å². The zero-order valence-corrected chi connectivity index (χ0v) is 16.0. The number of rotatable bonds is 4. The van der Waals surface area contributed by atoms with Gasteiger partial charge in [0.1, 0.15) is 6.54 Å². The first-order valence-electron chi connectivity index (χ1n) is 7.77. The lowest BCUT2D eigenvalue weighted by molar-refractivity contribution is -0.127. The van der Waals surface area contributed by atoms with E-state index < -0.39 is 0 Å². The molecule has 0 atom stereocenters. The lowest BCUT2D eigenvalue weighted by Gasteiger charge is -2.39. The third-order valence-electron chi connectivity index (χ3n) is 3.59. The summed E-state index contributed by atoms with van der Waals surface area (Å²) < 4.78 is 0.204. The topological polar surface area (TPSA) is 47.9 Å². The monoisotopic (exact) mass is 354 g/mol. The minimum atomic E-state index is 0.0195. The van der Waals surface area contributed by atoms with Gasteiger partial charge in [0, 0.05) is 42.6 Å². The summed E-state index contributed by atoms with van der Waals surface area (Å²) >= 11 is 3.71. The Morgan fingerprint density at radius 3 is 2.87 bits per heavy atom. The number of carbonyl (C=O) groups excluding carboxylic acids is 1. The van der Waals surface area contributed by atoms with Crippen molar-refractivity contribution in [3.8, 4) is 0 Å². The van der Waals surface area contributed by atoms with Crippen LogP contribution in [-0.4, -0.2) is 65.9 Å². The Hall–Kier alpha value is -1.21. The highest BCUT2D eigenvalue weighted by molar-refractivity contribution is 8.00. The second-order valence-corrected chi connectivity index (χ2v) is 9.22. The molecule has 2 rings (SSSR count). The number of amides is 1. The molecule has 1 aliphatic rings. The van der Waals surface area contributed by atoms with Crippen LogP contribution < -0.4 is 5.32 Å². The van der Waals surface area contributed by atoms with Crippen LogP contribution in [0.15, 0.2) is 22.5 Å². The van der Waals surface area contributed by atoms with Crippen LogP contribution in [-0.2, 0) is 11.3 Å². The molecule has 2 heterocycles. The fourth-order valence-electron chi connectivity index (χ4n) is 2.33. The molecule has 0 spiro atoms. The van der Waals surface area contributed by atoms with Crippen molar-refractivity contribution in [3.05, 3.63) is 22.4 Å². The largest absolute Gasteiger partial charge is 0.351 e. The predicted octanol–water partition coefficient (Wildman–Crippen LogP) is 2.11. The second-order valence-electron chi connectivity index (χ2n) is 6.39. The van der Waals surface area contributed by atoms with Gasteiger partial charge in [-0.1, -0.05) is 6.07 Å². The average Bonchev–Trinajstić information content (AvgIpc) is 2.99. The van der Waals surface area contributed by atoms with Gasteiger partial charge in [0.15, 0.2) is 5.96 Å². The molecule has 1 amide bonds. The maximum Gasteiger partial charge on any atom is 0.243 e. The first kappa shape index (κ1) is 18.1. The quantitative estimate of drug-likeness (QED) is 0.665. The molecule has 1 aliphatic heterocycles. The molecular weight excluding hydrogens is 328 g/mol. The van der Waals surface area contributed by atoms with Crippen LogP contribution >= 0.6 is 23.1 Å². The van der Waals surface area contributed by atoms with Crippen LogP contribution in [0.1, 0.15) is 18.7 Å². The van der Waals surface area contributed by atoms with Gasteiger partial charge in [0.05, 0.1) is 6.54 Å². The average molecular weight is 355 g/mol. The van der Waals surface area contributed by atoms with Gasteiger partial charge in [0.2, 0.25) is 5.91 Å². The molecule has 1 N–H and O–H groups in total. The fourth-order valence-corrected chi connectivity index (χ4v) is 4.08. The van der Waals surface area contributed by atoms with Crippen molar-refractivity contribution in [1.82, 2.24) is 15.1 Å². The first-order chi connectivity index (χ1) is 10.9. The number of likely N-dealkylation sites (N-methyl/N-ethyl adjacent to an activating group) is 1. The Balaban J connectivity index is 2.06. The molecule has 1 saturated heterocycles. The van der Waals surface area contributed by atoms with E-state index in [9.17, 15) is 4.79 Å². The van der Waals surface area contributed by atoms with E-state index in [1.165, 1.54) is 4.88 Å². The molecule has 0 aromatic carbocycles.